The van der Waals surface area contributed by atoms with Crippen LogP contribution in [0.3, 0.4) is 0 Å². The van der Waals surface area contributed by atoms with Crippen LogP contribution in [0.25, 0.3) is 0 Å². The van der Waals surface area contributed by atoms with Gasteiger partial charge in [0.25, 0.3) is 11.8 Å². The molecule has 0 fully saturated rings. The minimum Gasteiger partial charge on any atom is -0.484 e. The molecule has 2 N–H and O–H groups in total. The highest BCUT2D eigenvalue weighted by atomic mass is 32.2. The molecule has 2 aromatic carbocycles. The van der Waals surface area contributed by atoms with Crippen LogP contribution in [-0.2, 0) is 4.79 Å². The Bertz CT molecular complexity index is 747. The molecule has 0 bridgehead atoms. The molecule has 2 aromatic rings. The van der Waals surface area contributed by atoms with Gasteiger partial charge in [0.05, 0.1) is 0 Å². The highest BCUT2D eigenvalue weighted by Crippen LogP contribution is 2.18. The van der Waals surface area contributed by atoms with Crippen molar-refractivity contribution in [3.05, 3.63) is 59.2 Å². The van der Waals surface area contributed by atoms with Crippen molar-refractivity contribution >= 4 is 23.6 Å². The van der Waals surface area contributed by atoms with Gasteiger partial charge in [-0.15, -0.1) is 11.8 Å². The van der Waals surface area contributed by atoms with Crippen LogP contribution in [0.4, 0.5) is 0 Å². The fourth-order valence-electron chi connectivity index (χ4n) is 2.06. The first kappa shape index (κ1) is 17.9. The fraction of sp³-hybridized carbons (Fsp3) is 0.222. The molecule has 2 rings (SSSR count). The maximum absolute atomic E-state index is 12.2. The van der Waals surface area contributed by atoms with Crippen molar-refractivity contribution in [3.8, 4) is 5.75 Å². The molecule has 0 saturated heterocycles. The summed E-state index contributed by atoms with van der Waals surface area (Å²) < 4.78 is 5.38. The number of benzene rings is 2. The molecule has 0 radical (unpaired) electrons. The molecule has 0 atom stereocenters. The van der Waals surface area contributed by atoms with E-state index in [9.17, 15) is 9.59 Å². The molecule has 6 heteroatoms. The van der Waals surface area contributed by atoms with Gasteiger partial charge in [0.15, 0.2) is 6.61 Å². The summed E-state index contributed by atoms with van der Waals surface area (Å²) in [5, 5.41) is 0. The Morgan fingerprint density at radius 2 is 1.88 bits per heavy atom. The minimum absolute atomic E-state index is 0.173. The molecule has 0 heterocycles. The molecule has 0 saturated carbocycles. The number of ether oxygens (including phenoxy) is 1. The summed E-state index contributed by atoms with van der Waals surface area (Å²) in [6.07, 6.45) is 1.94. The van der Waals surface area contributed by atoms with E-state index in [1.54, 1.807) is 23.9 Å². The molecule has 0 aromatic heterocycles. The average molecular weight is 344 g/mol. The largest absolute Gasteiger partial charge is 0.484 e. The number of thioether (sulfide) groups is 1. The van der Waals surface area contributed by atoms with E-state index in [4.69, 9.17) is 4.74 Å². The topological polar surface area (TPSA) is 67.4 Å². The first-order valence-corrected chi connectivity index (χ1v) is 8.65. The Kier molecular flexibility index (Phi) is 6.26. The number of carbonyl (C=O) groups excluding carboxylic acids is 2. The third kappa shape index (κ3) is 5.03. The van der Waals surface area contributed by atoms with Crippen LogP contribution in [0.15, 0.2) is 47.4 Å². The maximum Gasteiger partial charge on any atom is 0.276 e. The van der Waals surface area contributed by atoms with Crippen molar-refractivity contribution in [3.63, 3.8) is 0 Å². The second kappa shape index (κ2) is 8.40. The van der Waals surface area contributed by atoms with Gasteiger partial charge in [0.2, 0.25) is 0 Å². The third-order valence-electron chi connectivity index (χ3n) is 3.36. The van der Waals surface area contributed by atoms with Crippen molar-refractivity contribution in [1.82, 2.24) is 10.9 Å². The number of aryl methyl sites for hydroxylation is 2. The summed E-state index contributed by atoms with van der Waals surface area (Å²) in [5.74, 6) is -0.171. The van der Waals surface area contributed by atoms with Gasteiger partial charge < -0.3 is 4.74 Å². The summed E-state index contributed by atoms with van der Waals surface area (Å²) >= 11 is 1.55. The van der Waals surface area contributed by atoms with E-state index >= 15 is 0 Å². The monoisotopic (exact) mass is 344 g/mol. The summed E-state index contributed by atoms with van der Waals surface area (Å²) in [5.41, 5.74) is 7.19. The van der Waals surface area contributed by atoms with Gasteiger partial charge in [-0.1, -0.05) is 18.2 Å². The van der Waals surface area contributed by atoms with Crippen molar-refractivity contribution in [1.29, 1.82) is 0 Å². The first-order chi connectivity index (χ1) is 11.5. The number of hydrogen-bond donors (Lipinski definition) is 2. The Balaban J connectivity index is 1.86. The van der Waals surface area contributed by atoms with E-state index < -0.39 is 5.91 Å². The van der Waals surface area contributed by atoms with Crippen molar-refractivity contribution in [2.24, 2.45) is 0 Å². The standard InChI is InChI=1S/C18H20N2O3S/c1-12-5-4-6-14(9-12)23-11-17(21)19-20-18(22)16-10-15(24-3)8-7-13(16)2/h4-10H,11H2,1-3H3,(H,19,21)(H,20,22). The Morgan fingerprint density at radius 3 is 2.58 bits per heavy atom. The molecule has 0 aliphatic heterocycles. The molecule has 126 valence electrons. The second-order valence-electron chi connectivity index (χ2n) is 5.29. The number of rotatable bonds is 5. The predicted molar refractivity (Wildman–Crippen MR) is 95.2 cm³/mol. The van der Waals surface area contributed by atoms with Gasteiger partial charge in [-0.3, -0.25) is 20.4 Å². The summed E-state index contributed by atoms with van der Waals surface area (Å²) in [4.78, 5) is 25.0. The highest BCUT2D eigenvalue weighted by molar-refractivity contribution is 7.98. The number of hydrazine groups is 1. The van der Waals surface area contributed by atoms with E-state index in [0.717, 1.165) is 16.0 Å². The maximum atomic E-state index is 12.2. The van der Waals surface area contributed by atoms with Crippen LogP contribution in [0.5, 0.6) is 5.75 Å². The van der Waals surface area contributed by atoms with E-state index in [1.165, 1.54) is 0 Å². The van der Waals surface area contributed by atoms with Crippen LogP contribution in [0.1, 0.15) is 21.5 Å². The highest BCUT2D eigenvalue weighted by Gasteiger charge is 2.11. The molecule has 24 heavy (non-hydrogen) atoms. The normalized spacial score (nSPS) is 10.1. The lowest BCUT2D eigenvalue weighted by atomic mass is 10.1. The molecule has 5 nitrogen and oxygen atoms in total. The summed E-state index contributed by atoms with van der Waals surface area (Å²) in [7, 11) is 0. The Morgan fingerprint density at radius 1 is 1.08 bits per heavy atom. The van der Waals surface area contributed by atoms with Crippen LogP contribution in [-0.4, -0.2) is 24.7 Å². The lowest BCUT2D eigenvalue weighted by molar-refractivity contribution is -0.123. The molecule has 0 aliphatic carbocycles. The summed E-state index contributed by atoms with van der Waals surface area (Å²) in [6, 6.07) is 13.0. The van der Waals surface area contributed by atoms with Crippen molar-refractivity contribution < 1.29 is 14.3 Å². The van der Waals surface area contributed by atoms with Gasteiger partial charge in [0.1, 0.15) is 5.75 Å². The van der Waals surface area contributed by atoms with Gasteiger partial charge in [-0.05, 0) is 55.5 Å². The molecule has 2 amide bonds. The minimum atomic E-state index is -0.427. The Labute approximate surface area is 145 Å². The SMILES string of the molecule is CSc1ccc(C)c(C(=O)NNC(=O)COc2cccc(C)c2)c1. The van der Waals surface area contributed by atoms with E-state index in [-0.39, 0.29) is 12.5 Å². The zero-order chi connectivity index (χ0) is 17.5. The number of nitrogens with one attached hydrogen (secondary N) is 2. The quantitative estimate of drug-likeness (QED) is 0.646. The molecule has 0 spiro atoms. The number of carbonyl (C=O) groups is 2. The van der Waals surface area contributed by atoms with Crippen LogP contribution in [0.2, 0.25) is 0 Å². The predicted octanol–water partition coefficient (Wildman–Crippen LogP) is 2.87. The smallest absolute Gasteiger partial charge is 0.276 e. The lowest BCUT2D eigenvalue weighted by Crippen LogP contribution is -2.44. The van der Waals surface area contributed by atoms with E-state index in [1.807, 2.05) is 50.4 Å². The number of hydrogen-bond acceptors (Lipinski definition) is 4. The Hall–Kier alpha value is -2.47. The molecule has 0 unspecified atom stereocenters. The van der Waals surface area contributed by atoms with Gasteiger partial charge in [-0.2, -0.15) is 0 Å². The average Bonchev–Trinajstić information content (AvgIpc) is 2.58. The third-order valence-corrected chi connectivity index (χ3v) is 4.09. The zero-order valence-electron chi connectivity index (χ0n) is 13.9. The van der Waals surface area contributed by atoms with Crippen molar-refractivity contribution in [2.45, 2.75) is 18.7 Å². The molecular formula is C18H20N2O3S. The second-order valence-corrected chi connectivity index (χ2v) is 6.17. The van der Waals surface area contributed by atoms with E-state index in [0.29, 0.717) is 11.3 Å². The van der Waals surface area contributed by atoms with Crippen LogP contribution in [0, 0.1) is 13.8 Å². The molecule has 0 aliphatic rings. The first-order valence-electron chi connectivity index (χ1n) is 7.43. The van der Waals surface area contributed by atoms with E-state index in [2.05, 4.69) is 10.9 Å². The number of amides is 2. The summed E-state index contributed by atoms with van der Waals surface area (Å²) in [6.45, 7) is 3.62. The molecular weight excluding hydrogens is 324 g/mol. The van der Waals surface area contributed by atoms with Gasteiger partial charge >= 0.3 is 0 Å². The fourth-order valence-corrected chi connectivity index (χ4v) is 2.50. The van der Waals surface area contributed by atoms with Gasteiger partial charge in [-0.25, -0.2) is 0 Å². The van der Waals surface area contributed by atoms with Gasteiger partial charge in [0, 0.05) is 10.5 Å². The van der Waals surface area contributed by atoms with Crippen LogP contribution < -0.4 is 15.6 Å². The van der Waals surface area contributed by atoms with Crippen molar-refractivity contribution in [2.75, 3.05) is 12.9 Å². The lowest BCUT2D eigenvalue weighted by Gasteiger charge is -2.11. The van der Waals surface area contributed by atoms with Crippen LogP contribution >= 0.6 is 11.8 Å². The zero-order valence-corrected chi connectivity index (χ0v) is 14.7.